The van der Waals surface area contributed by atoms with Gasteiger partial charge in [0, 0.05) is 18.0 Å². The Kier molecular flexibility index (Phi) is 7.73. The average molecular weight is 184 g/mol. The van der Waals surface area contributed by atoms with Crippen LogP contribution in [-0.2, 0) is 0 Å². The summed E-state index contributed by atoms with van der Waals surface area (Å²) in [6, 6.07) is 0. The van der Waals surface area contributed by atoms with E-state index in [1.54, 1.807) is 0 Å². The lowest BCUT2D eigenvalue weighted by Gasteiger charge is -1.96. The van der Waals surface area contributed by atoms with Gasteiger partial charge in [0.05, 0.1) is 0 Å². The topological polar surface area (TPSA) is 113 Å². The Balaban J connectivity index is 3.08. The van der Waals surface area contributed by atoms with E-state index in [1.165, 1.54) is 0 Å². The Morgan fingerprint density at radius 1 is 1.08 bits per heavy atom. The zero-order valence-corrected chi connectivity index (χ0v) is 7.69. The van der Waals surface area contributed by atoms with E-state index in [1.807, 2.05) is 0 Å². The van der Waals surface area contributed by atoms with Crippen LogP contribution in [0, 0.1) is 0 Å². The first-order valence-electron chi connectivity index (χ1n) is 4.33. The van der Waals surface area contributed by atoms with Crippen LogP contribution in [0.2, 0.25) is 0 Å². The number of guanidine groups is 1. The minimum Gasteiger partial charge on any atom is -0.370 e. The molecule has 0 saturated carbocycles. The number of aliphatic imine (C=N–C) groups is 1. The average Bonchev–Trinajstić information content (AvgIpc) is 2.09. The van der Waals surface area contributed by atoms with Gasteiger partial charge in [-0.25, -0.2) is 0 Å². The van der Waals surface area contributed by atoms with E-state index in [9.17, 15) is 0 Å². The fourth-order valence-electron chi connectivity index (χ4n) is 0.901. The fourth-order valence-corrected chi connectivity index (χ4v) is 0.901. The minimum atomic E-state index is 0.147. The Morgan fingerprint density at radius 3 is 2.23 bits per heavy atom. The molecule has 0 aliphatic rings. The summed E-state index contributed by atoms with van der Waals surface area (Å²) in [6.45, 7) is 1.27. The van der Waals surface area contributed by atoms with Gasteiger partial charge in [-0.1, -0.05) is 18.0 Å². The third-order valence-corrected chi connectivity index (χ3v) is 1.52. The molecule has 0 rings (SSSR count). The third kappa shape index (κ3) is 10.6. The summed E-state index contributed by atoms with van der Waals surface area (Å²) in [4.78, 5) is 6.51. The van der Waals surface area contributed by atoms with Crippen molar-refractivity contribution in [2.75, 3.05) is 13.1 Å². The maximum absolute atomic E-state index is 7.98. The van der Waals surface area contributed by atoms with Crippen LogP contribution in [0.1, 0.15) is 25.7 Å². The molecule has 0 aromatic carbocycles. The van der Waals surface area contributed by atoms with Gasteiger partial charge in [-0.3, -0.25) is 4.99 Å². The molecule has 0 saturated heterocycles. The van der Waals surface area contributed by atoms with Crippen LogP contribution in [0.3, 0.4) is 0 Å². The monoisotopic (exact) mass is 184 g/mol. The van der Waals surface area contributed by atoms with Crippen molar-refractivity contribution in [1.82, 2.24) is 0 Å². The molecule has 6 nitrogen and oxygen atoms in total. The molecule has 0 bridgehead atoms. The van der Waals surface area contributed by atoms with Gasteiger partial charge in [-0.15, -0.1) is 0 Å². The van der Waals surface area contributed by atoms with Crippen molar-refractivity contribution in [3.63, 3.8) is 0 Å². The molecule has 0 fully saturated rings. The van der Waals surface area contributed by atoms with Crippen molar-refractivity contribution in [1.29, 1.82) is 0 Å². The number of nitrogens with zero attached hydrogens (tertiary/aromatic N) is 4. The highest BCUT2D eigenvalue weighted by atomic mass is 15.1. The molecule has 0 atom stereocenters. The molecule has 0 aliphatic carbocycles. The van der Waals surface area contributed by atoms with Crippen molar-refractivity contribution in [2.45, 2.75) is 25.7 Å². The van der Waals surface area contributed by atoms with E-state index in [0.29, 0.717) is 13.1 Å². The summed E-state index contributed by atoms with van der Waals surface area (Å²) in [5.74, 6) is 0.147. The predicted octanol–water partition coefficient (Wildman–Crippen LogP) is 1.13. The summed E-state index contributed by atoms with van der Waals surface area (Å²) in [6.07, 6.45) is 4.04. The molecular weight excluding hydrogens is 168 g/mol. The van der Waals surface area contributed by atoms with Gasteiger partial charge < -0.3 is 11.5 Å². The molecule has 6 heteroatoms. The molecule has 0 aromatic heterocycles. The van der Waals surface area contributed by atoms with Crippen molar-refractivity contribution in [2.24, 2.45) is 21.6 Å². The molecule has 0 amide bonds. The van der Waals surface area contributed by atoms with Crippen LogP contribution in [-0.4, -0.2) is 19.0 Å². The van der Waals surface area contributed by atoms with Gasteiger partial charge in [0.25, 0.3) is 0 Å². The fraction of sp³-hybridized carbons (Fsp3) is 0.857. The largest absolute Gasteiger partial charge is 0.370 e. The van der Waals surface area contributed by atoms with Gasteiger partial charge in [-0.2, -0.15) is 0 Å². The second-order valence-electron chi connectivity index (χ2n) is 2.68. The molecular formula is C7H16N6. The Bertz CT molecular complexity index is 189. The van der Waals surface area contributed by atoms with Crippen molar-refractivity contribution < 1.29 is 0 Å². The predicted molar refractivity (Wildman–Crippen MR) is 53.2 cm³/mol. The third-order valence-electron chi connectivity index (χ3n) is 1.52. The lowest BCUT2D eigenvalue weighted by atomic mass is 10.2. The second-order valence-corrected chi connectivity index (χ2v) is 2.68. The van der Waals surface area contributed by atoms with Gasteiger partial charge in [0.2, 0.25) is 0 Å². The molecule has 13 heavy (non-hydrogen) atoms. The van der Waals surface area contributed by atoms with E-state index in [-0.39, 0.29) is 5.96 Å². The zero-order chi connectivity index (χ0) is 9.94. The number of unbranched alkanes of at least 4 members (excludes halogenated alkanes) is 3. The lowest BCUT2D eigenvalue weighted by Crippen LogP contribution is -2.22. The maximum Gasteiger partial charge on any atom is 0.185 e. The first-order valence-corrected chi connectivity index (χ1v) is 4.33. The van der Waals surface area contributed by atoms with E-state index >= 15 is 0 Å². The van der Waals surface area contributed by atoms with Gasteiger partial charge in [0.15, 0.2) is 5.96 Å². The van der Waals surface area contributed by atoms with Crippen LogP contribution in [0.25, 0.3) is 10.4 Å². The van der Waals surface area contributed by atoms with Gasteiger partial charge in [-0.05, 0) is 18.4 Å². The van der Waals surface area contributed by atoms with E-state index < -0.39 is 0 Å². The quantitative estimate of drug-likeness (QED) is 0.154. The summed E-state index contributed by atoms with van der Waals surface area (Å²) >= 11 is 0. The lowest BCUT2D eigenvalue weighted by molar-refractivity contribution is 0.652. The van der Waals surface area contributed by atoms with Crippen LogP contribution in [0.15, 0.2) is 10.1 Å². The number of hydrogen-bond donors (Lipinski definition) is 2. The standard InChI is InChI=1S/C7H16N6/c8-7(9)11-5-3-1-2-4-6-12-13-10/h1-6H2,(H4,8,9,11). The van der Waals surface area contributed by atoms with Gasteiger partial charge >= 0.3 is 0 Å². The van der Waals surface area contributed by atoms with Gasteiger partial charge in [0.1, 0.15) is 0 Å². The zero-order valence-electron chi connectivity index (χ0n) is 7.69. The number of hydrogen-bond acceptors (Lipinski definition) is 2. The molecule has 4 N–H and O–H groups in total. The molecule has 0 heterocycles. The van der Waals surface area contributed by atoms with E-state index in [4.69, 9.17) is 17.0 Å². The van der Waals surface area contributed by atoms with Crippen molar-refractivity contribution in [3.05, 3.63) is 10.4 Å². The number of nitrogens with two attached hydrogens (primary N) is 2. The first-order chi connectivity index (χ1) is 6.27. The molecule has 0 radical (unpaired) electrons. The summed E-state index contributed by atoms with van der Waals surface area (Å²) in [7, 11) is 0. The number of azide groups is 1. The van der Waals surface area contributed by atoms with Crippen LogP contribution < -0.4 is 11.5 Å². The molecule has 0 aromatic rings. The molecule has 74 valence electrons. The molecule has 0 spiro atoms. The normalized spacial score (nSPS) is 8.92. The Morgan fingerprint density at radius 2 is 1.69 bits per heavy atom. The van der Waals surface area contributed by atoms with Crippen LogP contribution >= 0.6 is 0 Å². The first kappa shape index (κ1) is 11.6. The summed E-state index contributed by atoms with van der Waals surface area (Å²) < 4.78 is 0. The SMILES string of the molecule is [N-]=[N+]=NCCCCCCN=C(N)N. The highest BCUT2D eigenvalue weighted by Crippen LogP contribution is 1.99. The maximum atomic E-state index is 7.98. The van der Waals surface area contributed by atoms with E-state index in [2.05, 4.69) is 15.0 Å². The highest BCUT2D eigenvalue weighted by molar-refractivity contribution is 5.75. The summed E-state index contributed by atoms with van der Waals surface area (Å²) in [5.41, 5.74) is 18.3. The Labute approximate surface area is 77.6 Å². The molecule has 0 aliphatic heterocycles. The second kappa shape index (κ2) is 8.67. The van der Waals surface area contributed by atoms with E-state index in [0.717, 1.165) is 25.7 Å². The minimum absolute atomic E-state index is 0.147. The highest BCUT2D eigenvalue weighted by Gasteiger charge is 1.88. The van der Waals surface area contributed by atoms with Crippen LogP contribution in [0.4, 0.5) is 0 Å². The summed E-state index contributed by atoms with van der Waals surface area (Å²) in [5, 5.41) is 3.43. The van der Waals surface area contributed by atoms with Crippen LogP contribution in [0.5, 0.6) is 0 Å². The molecule has 0 unspecified atom stereocenters. The Hall–Kier alpha value is -1.42. The number of rotatable bonds is 7. The smallest absolute Gasteiger partial charge is 0.185 e. The van der Waals surface area contributed by atoms with Crippen molar-refractivity contribution >= 4 is 5.96 Å². The van der Waals surface area contributed by atoms with Crippen molar-refractivity contribution in [3.8, 4) is 0 Å².